The molecule has 5 heteroatoms. The zero-order chi connectivity index (χ0) is 18.1. The number of carbonyl (C=O) groups is 1. The Morgan fingerprint density at radius 1 is 1.16 bits per heavy atom. The van der Waals surface area contributed by atoms with E-state index in [2.05, 4.69) is 47.9 Å². The lowest BCUT2D eigenvalue weighted by atomic mass is 10.1. The maximum atomic E-state index is 12.0. The van der Waals surface area contributed by atoms with Crippen molar-refractivity contribution in [1.29, 1.82) is 0 Å². The van der Waals surface area contributed by atoms with Crippen LogP contribution in [0.3, 0.4) is 0 Å². The predicted molar refractivity (Wildman–Crippen MR) is 104 cm³/mol. The van der Waals surface area contributed by atoms with Gasteiger partial charge in [-0.05, 0) is 44.6 Å². The van der Waals surface area contributed by atoms with Crippen molar-refractivity contribution in [3.8, 4) is 0 Å². The van der Waals surface area contributed by atoms with Crippen molar-refractivity contribution in [1.82, 2.24) is 15.5 Å². The maximum Gasteiger partial charge on any atom is 0.224 e. The summed E-state index contributed by atoms with van der Waals surface area (Å²) in [7, 11) is 0. The van der Waals surface area contributed by atoms with Crippen LogP contribution < -0.4 is 10.6 Å². The minimum absolute atomic E-state index is 0.194. The monoisotopic (exact) mass is 344 g/mol. The molecule has 2 unspecified atom stereocenters. The van der Waals surface area contributed by atoms with E-state index in [0.29, 0.717) is 24.8 Å². The Morgan fingerprint density at radius 2 is 1.88 bits per heavy atom. The van der Waals surface area contributed by atoms with Gasteiger partial charge in [-0.1, -0.05) is 30.3 Å². The summed E-state index contributed by atoms with van der Waals surface area (Å²) < 4.78 is 0. The predicted octanol–water partition coefficient (Wildman–Crippen LogP) is 2.60. The Hall–Kier alpha value is -2.04. The van der Waals surface area contributed by atoms with Crippen LogP contribution in [0.2, 0.25) is 0 Å². The van der Waals surface area contributed by atoms with Gasteiger partial charge in [0.15, 0.2) is 5.96 Å². The average molecular weight is 345 g/mol. The molecule has 1 aliphatic carbocycles. The minimum Gasteiger partial charge on any atom is -0.357 e. The van der Waals surface area contributed by atoms with Gasteiger partial charge in [-0.2, -0.15) is 0 Å². The maximum absolute atomic E-state index is 12.0. The molecule has 2 N–H and O–H groups in total. The smallest absolute Gasteiger partial charge is 0.224 e. The molecule has 1 amide bonds. The SMILES string of the molecule is CCNC(=NCC1CC1c1ccccc1)NCCC(=O)N(CC)CC. The summed E-state index contributed by atoms with van der Waals surface area (Å²) in [4.78, 5) is 18.6. The van der Waals surface area contributed by atoms with Crippen LogP contribution in [0.25, 0.3) is 0 Å². The van der Waals surface area contributed by atoms with E-state index in [1.165, 1.54) is 12.0 Å². The number of hydrogen-bond donors (Lipinski definition) is 2. The van der Waals surface area contributed by atoms with Gasteiger partial charge in [0.1, 0.15) is 0 Å². The first-order valence-corrected chi connectivity index (χ1v) is 9.54. The molecule has 1 aromatic carbocycles. The Kier molecular flexibility index (Phi) is 7.76. The molecule has 0 aromatic heterocycles. The fraction of sp³-hybridized carbons (Fsp3) is 0.600. The fourth-order valence-electron chi connectivity index (χ4n) is 3.13. The number of amides is 1. The van der Waals surface area contributed by atoms with E-state index in [4.69, 9.17) is 4.99 Å². The summed E-state index contributed by atoms with van der Waals surface area (Å²) in [5.74, 6) is 2.29. The topological polar surface area (TPSA) is 56.7 Å². The summed E-state index contributed by atoms with van der Waals surface area (Å²) in [6, 6.07) is 10.7. The Bertz CT molecular complexity index is 554. The highest BCUT2D eigenvalue weighted by Gasteiger charge is 2.37. The van der Waals surface area contributed by atoms with Crippen LogP contribution in [0.5, 0.6) is 0 Å². The summed E-state index contributed by atoms with van der Waals surface area (Å²) in [6.07, 6.45) is 1.72. The Morgan fingerprint density at radius 3 is 2.52 bits per heavy atom. The van der Waals surface area contributed by atoms with Gasteiger partial charge in [-0.3, -0.25) is 9.79 Å². The van der Waals surface area contributed by atoms with E-state index in [0.717, 1.165) is 32.1 Å². The van der Waals surface area contributed by atoms with E-state index >= 15 is 0 Å². The zero-order valence-corrected chi connectivity index (χ0v) is 15.8. The first-order valence-electron chi connectivity index (χ1n) is 9.54. The normalized spacial score (nSPS) is 19.4. The van der Waals surface area contributed by atoms with Crippen molar-refractivity contribution in [3.63, 3.8) is 0 Å². The van der Waals surface area contributed by atoms with Gasteiger partial charge >= 0.3 is 0 Å². The second kappa shape index (κ2) is 10.1. The van der Waals surface area contributed by atoms with Crippen LogP contribution in [0.15, 0.2) is 35.3 Å². The standard InChI is InChI=1S/C20H32N4O/c1-4-21-20(22-13-12-19(25)24(5-2)6-3)23-15-17-14-18(17)16-10-8-7-9-11-16/h7-11,17-18H,4-6,12-15H2,1-3H3,(H2,21,22,23). The van der Waals surface area contributed by atoms with Gasteiger partial charge in [0.25, 0.3) is 0 Å². The number of benzene rings is 1. The molecule has 25 heavy (non-hydrogen) atoms. The molecule has 0 heterocycles. The highest BCUT2D eigenvalue weighted by atomic mass is 16.2. The average Bonchev–Trinajstić information content (AvgIpc) is 3.41. The number of guanidine groups is 1. The van der Waals surface area contributed by atoms with E-state index in [1.54, 1.807) is 0 Å². The molecule has 0 saturated heterocycles. The van der Waals surface area contributed by atoms with Crippen LogP contribution in [0.1, 0.15) is 45.1 Å². The molecule has 1 aliphatic rings. The van der Waals surface area contributed by atoms with Crippen molar-refractivity contribution in [3.05, 3.63) is 35.9 Å². The van der Waals surface area contributed by atoms with Crippen molar-refractivity contribution in [2.75, 3.05) is 32.7 Å². The lowest BCUT2D eigenvalue weighted by Crippen LogP contribution is -2.40. The van der Waals surface area contributed by atoms with Crippen molar-refractivity contribution in [2.45, 2.75) is 39.5 Å². The fourth-order valence-corrected chi connectivity index (χ4v) is 3.13. The van der Waals surface area contributed by atoms with Gasteiger partial charge in [-0.15, -0.1) is 0 Å². The lowest BCUT2D eigenvalue weighted by molar-refractivity contribution is -0.130. The largest absolute Gasteiger partial charge is 0.357 e. The van der Waals surface area contributed by atoms with E-state index < -0.39 is 0 Å². The van der Waals surface area contributed by atoms with Crippen LogP contribution in [0.4, 0.5) is 0 Å². The third-order valence-corrected chi connectivity index (χ3v) is 4.73. The second-order valence-corrected chi connectivity index (χ2v) is 6.48. The number of aliphatic imine (C=N–C) groups is 1. The van der Waals surface area contributed by atoms with Crippen molar-refractivity contribution >= 4 is 11.9 Å². The van der Waals surface area contributed by atoms with Crippen molar-refractivity contribution < 1.29 is 4.79 Å². The molecule has 2 atom stereocenters. The lowest BCUT2D eigenvalue weighted by Gasteiger charge is -2.19. The molecule has 1 aromatic rings. The van der Waals surface area contributed by atoms with Gasteiger partial charge in [0.2, 0.25) is 5.91 Å². The minimum atomic E-state index is 0.194. The molecule has 138 valence electrons. The molecule has 2 rings (SSSR count). The molecule has 0 radical (unpaired) electrons. The quantitative estimate of drug-likeness (QED) is 0.535. The third kappa shape index (κ3) is 6.07. The number of carbonyl (C=O) groups excluding carboxylic acids is 1. The molecule has 5 nitrogen and oxygen atoms in total. The first kappa shape index (κ1) is 19.3. The third-order valence-electron chi connectivity index (χ3n) is 4.73. The summed E-state index contributed by atoms with van der Waals surface area (Å²) in [6.45, 7) is 9.90. The highest BCUT2D eigenvalue weighted by molar-refractivity contribution is 5.81. The van der Waals surface area contributed by atoms with Gasteiger partial charge < -0.3 is 15.5 Å². The molecular formula is C20H32N4O. The van der Waals surface area contributed by atoms with Crippen LogP contribution in [-0.2, 0) is 4.79 Å². The zero-order valence-electron chi connectivity index (χ0n) is 15.8. The van der Waals surface area contributed by atoms with Crippen molar-refractivity contribution in [2.24, 2.45) is 10.9 Å². The van der Waals surface area contributed by atoms with E-state index in [1.807, 2.05) is 18.7 Å². The molecule has 0 spiro atoms. The Balaban J connectivity index is 1.76. The summed E-state index contributed by atoms with van der Waals surface area (Å²) in [5, 5.41) is 6.55. The van der Waals surface area contributed by atoms with Crippen LogP contribution in [0, 0.1) is 5.92 Å². The molecule has 1 saturated carbocycles. The summed E-state index contributed by atoms with van der Waals surface area (Å²) in [5.41, 5.74) is 1.42. The molecular weight excluding hydrogens is 312 g/mol. The van der Waals surface area contributed by atoms with E-state index in [-0.39, 0.29) is 5.91 Å². The molecule has 0 aliphatic heterocycles. The second-order valence-electron chi connectivity index (χ2n) is 6.48. The van der Waals surface area contributed by atoms with E-state index in [9.17, 15) is 4.79 Å². The van der Waals surface area contributed by atoms with Gasteiger partial charge in [-0.25, -0.2) is 0 Å². The molecule has 1 fully saturated rings. The van der Waals surface area contributed by atoms with Gasteiger partial charge in [0, 0.05) is 39.1 Å². The van der Waals surface area contributed by atoms with Crippen LogP contribution >= 0.6 is 0 Å². The van der Waals surface area contributed by atoms with Crippen LogP contribution in [-0.4, -0.2) is 49.5 Å². The number of nitrogens with zero attached hydrogens (tertiary/aromatic N) is 2. The summed E-state index contributed by atoms with van der Waals surface area (Å²) >= 11 is 0. The van der Waals surface area contributed by atoms with Gasteiger partial charge in [0.05, 0.1) is 0 Å². The Labute approximate surface area is 151 Å². The highest BCUT2D eigenvalue weighted by Crippen LogP contribution is 2.47. The number of hydrogen-bond acceptors (Lipinski definition) is 2. The first-order chi connectivity index (χ1) is 12.2. The molecule has 0 bridgehead atoms. The number of nitrogens with one attached hydrogen (secondary N) is 2. The number of rotatable bonds is 9.